The zero-order valence-corrected chi connectivity index (χ0v) is 17.7. The quantitative estimate of drug-likeness (QED) is 0.550. The Labute approximate surface area is 172 Å². The van der Waals surface area contributed by atoms with Gasteiger partial charge in [0.1, 0.15) is 5.69 Å². The van der Waals surface area contributed by atoms with Crippen LogP contribution in [0.5, 0.6) is 0 Å². The third-order valence-corrected chi connectivity index (χ3v) is 4.63. The SMILES string of the molecule is C=CN(CC(C)C)c1nc(-c2cnc(N)nc2)nc(N(CCO)[C@@H](C)CC)c1N. The van der Waals surface area contributed by atoms with Crippen molar-refractivity contribution in [1.82, 2.24) is 19.9 Å². The number of nitrogen functional groups attached to an aromatic ring is 2. The van der Waals surface area contributed by atoms with Crippen LogP contribution in [0.3, 0.4) is 0 Å². The number of rotatable bonds is 10. The predicted molar refractivity (Wildman–Crippen MR) is 118 cm³/mol. The molecule has 29 heavy (non-hydrogen) atoms. The fourth-order valence-corrected chi connectivity index (χ4v) is 2.97. The molecule has 1 atom stereocenters. The van der Waals surface area contributed by atoms with E-state index in [2.05, 4.69) is 44.2 Å². The van der Waals surface area contributed by atoms with E-state index in [0.717, 1.165) is 6.42 Å². The van der Waals surface area contributed by atoms with Gasteiger partial charge in [0.2, 0.25) is 5.95 Å². The van der Waals surface area contributed by atoms with Crippen LogP contribution in [0, 0.1) is 5.92 Å². The second kappa shape index (κ2) is 10.0. The van der Waals surface area contributed by atoms with Crippen molar-refractivity contribution in [3.63, 3.8) is 0 Å². The average molecular weight is 401 g/mol. The first-order valence-electron chi connectivity index (χ1n) is 9.84. The molecule has 0 aliphatic carbocycles. The molecule has 0 spiro atoms. The minimum absolute atomic E-state index is 0.0133. The summed E-state index contributed by atoms with van der Waals surface area (Å²) in [6.45, 7) is 13.4. The van der Waals surface area contributed by atoms with Crippen LogP contribution >= 0.6 is 0 Å². The summed E-state index contributed by atoms with van der Waals surface area (Å²) >= 11 is 0. The van der Waals surface area contributed by atoms with Crippen LogP contribution in [-0.4, -0.2) is 50.8 Å². The molecule has 0 amide bonds. The van der Waals surface area contributed by atoms with E-state index in [9.17, 15) is 5.11 Å². The molecule has 0 aliphatic heterocycles. The molecule has 2 heterocycles. The highest BCUT2D eigenvalue weighted by Crippen LogP contribution is 2.34. The lowest BCUT2D eigenvalue weighted by Crippen LogP contribution is -2.37. The molecule has 2 rings (SSSR count). The van der Waals surface area contributed by atoms with Crippen LogP contribution in [0.15, 0.2) is 25.2 Å². The highest BCUT2D eigenvalue weighted by Gasteiger charge is 2.24. The number of hydrogen-bond donors (Lipinski definition) is 3. The highest BCUT2D eigenvalue weighted by molar-refractivity contribution is 5.79. The fourth-order valence-electron chi connectivity index (χ4n) is 2.97. The van der Waals surface area contributed by atoms with E-state index >= 15 is 0 Å². The Morgan fingerprint density at radius 1 is 1.14 bits per heavy atom. The number of aromatic nitrogens is 4. The molecule has 0 unspecified atom stereocenters. The van der Waals surface area contributed by atoms with E-state index in [-0.39, 0.29) is 18.6 Å². The summed E-state index contributed by atoms with van der Waals surface area (Å²) in [6, 6.07) is 0.130. The molecule has 2 aromatic heterocycles. The first-order valence-corrected chi connectivity index (χ1v) is 9.84. The van der Waals surface area contributed by atoms with E-state index in [4.69, 9.17) is 21.4 Å². The number of nitrogens with zero attached hydrogens (tertiary/aromatic N) is 6. The van der Waals surface area contributed by atoms with Gasteiger partial charge in [0.05, 0.1) is 12.2 Å². The molecule has 9 heteroatoms. The van der Waals surface area contributed by atoms with Crippen LogP contribution in [-0.2, 0) is 0 Å². The molecule has 0 bridgehead atoms. The molecule has 5 N–H and O–H groups in total. The van der Waals surface area contributed by atoms with Gasteiger partial charge >= 0.3 is 0 Å². The topological polar surface area (TPSA) is 130 Å². The molecular weight excluding hydrogens is 368 g/mol. The molecular formula is C20H32N8O. The minimum Gasteiger partial charge on any atom is -0.395 e. The molecule has 0 saturated heterocycles. The van der Waals surface area contributed by atoms with Crippen LogP contribution < -0.4 is 21.3 Å². The van der Waals surface area contributed by atoms with Crippen LogP contribution in [0.1, 0.15) is 34.1 Å². The van der Waals surface area contributed by atoms with Gasteiger partial charge in [-0.05, 0) is 25.5 Å². The van der Waals surface area contributed by atoms with Gasteiger partial charge in [0, 0.05) is 31.5 Å². The maximum Gasteiger partial charge on any atom is 0.219 e. The van der Waals surface area contributed by atoms with Crippen LogP contribution in [0.2, 0.25) is 0 Å². The summed E-state index contributed by atoms with van der Waals surface area (Å²) in [7, 11) is 0. The van der Waals surface area contributed by atoms with Gasteiger partial charge in [-0.3, -0.25) is 0 Å². The average Bonchev–Trinajstić information content (AvgIpc) is 2.71. The number of anilines is 4. The van der Waals surface area contributed by atoms with Crippen molar-refractivity contribution in [1.29, 1.82) is 0 Å². The van der Waals surface area contributed by atoms with Gasteiger partial charge in [-0.25, -0.2) is 19.9 Å². The summed E-state index contributed by atoms with van der Waals surface area (Å²) in [5.74, 6) is 2.12. The van der Waals surface area contributed by atoms with Gasteiger partial charge in [0.25, 0.3) is 0 Å². The van der Waals surface area contributed by atoms with E-state index in [1.54, 1.807) is 18.6 Å². The molecule has 0 aromatic carbocycles. The molecule has 0 radical (unpaired) electrons. The van der Waals surface area contributed by atoms with Crippen LogP contribution in [0.25, 0.3) is 11.4 Å². The lowest BCUT2D eigenvalue weighted by Gasteiger charge is -2.32. The monoisotopic (exact) mass is 400 g/mol. The number of hydrogen-bond acceptors (Lipinski definition) is 9. The molecule has 0 aliphatic rings. The Balaban J connectivity index is 2.70. The molecule has 2 aromatic rings. The van der Waals surface area contributed by atoms with Gasteiger partial charge in [-0.1, -0.05) is 27.4 Å². The summed E-state index contributed by atoms with van der Waals surface area (Å²) in [6.07, 6.45) is 5.76. The maximum atomic E-state index is 9.61. The second-order valence-corrected chi connectivity index (χ2v) is 7.34. The Morgan fingerprint density at radius 2 is 1.76 bits per heavy atom. The fraction of sp³-hybridized carbons (Fsp3) is 0.500. The zero-order valence-electron chi connectivity index (χ0n) is 17.7. The molecule has 9 nitrogen and oxygen atoms in total. The summed E-state index contributed by atoms with van der Waals surface area (Å²) in [5.41, 5.74) is 13.2. The van der Waals surface area contributed by atoms with E-state index in [1.165, 1.54) is 0 Å². The van der Waals surface area contributed by atoms with Crippen molar-refractivity contribution in [2.24, 2.45) is 5.92 Å². The second-order valence-electron chi connectivity index (χ2n) is 7.34. The van der Waals surface area contributed by atoms with Crippen molar-refractivity contribution in [2.75, 3.05) is 41.0 Å². The number of aliphatic hydroxyl groups is 1. The van der Waals surface area contributed by atoms with Crippen molar-refractivity contribution >= 4 is 23.3 Å². The summed E-state index contributed by atoms with van der Waals surface area (Å²) < 4.78 is 0. The Bertz CT molecular complexity index is 809. The van der Waals surface area contributed by atoms with E-state index < -0.39 is 0 Å². The lowest BCUT2D eigenvalue weighted by molar-refractivity contribution is 0.297. The number of aliphatic hydroxyl groups excluding tert-OH is 1. The van der Waals surface area contributed by atoms with Crippen molar-refractivity contribution < 1.29 is 5.11 Å². The van der Waals surface area contributed by atoms with Gasteiger partial charge in [-0.15, -0.1) is 0 Å². The maximum absolute atomic E-state index is 9.61. The Morgan fingerprint density at radius 3 is 2.28 bits per heavy atom. The minimum atomic E-state index is -0.0133. The molecule has 158 valence electrons. The normalized spacial score (nSPS) is 12.1. The van der Waals surface area contributed by atoms with Gasteiger partial charge in [-0.2, -0.15) is 0 Å². The van der Waals surface area contributed by atoms with E-state index in [1.807, 2.05) is 9.80 Å². The summed E-state index contributed by atoms with van der Waals surface area (Å²) in [4.78, 5) is 21.4. The van der Waals surface area contributed by atoms with Crippen molar-refractivity contribution in [3.05, 3.63) is 25.2 Å². The first-order chi connectivity index (χ1) is 13.8. The Hall–Kier alpha value is -2.94. The van der Waals surface area contributed by atoms with Gasteiger partial charge < -0.3 is 26.4 Å². The highest BCUT2D eigenvalue weighted by atomic mass is 16.3. The van der Waals surface area contributed by atoms with Crippen LogP contribution in [0.4, 0.5) is 23.3 Å². The lowest BCUT2D eigenvalue weighted by atomic mass is 10.2. The zero-order chi connectivity index (χ0) is 21.6. The molecule has 0 fully saturated rings. The first kappa shape index (κ1) is 22.4. The number of nitrogens with two attached hydrogens (primary N) is 2. The van der Waals surface area contributed by atoms with E-state index in [0.29, 0.717) is 47.7 Å². The Kier molecular flexibility index (Phi) is 7.72. The molecule has 0 saturated carbocycles. The third kappa shape index (κ3) is 5.32. The van der Waals surface area contributed by atoms with Crippen molar-refractivity contribution in [2.45, 2.75) is 40.2 Å². The summed E-state index contributed by atoms with van der Waals surface area (Å²) in [5, 5.41) is 9.61. The largest absolute Gasteiger partial charge is 0.395 e. The van der Waals surface area contributed by atoms with Gasteiger partial charge in [0.15, 0.2) is 17.5 Å². The van der Waals surface area contributed by atoms with Crippen molar-refractivity contribution in [3.8, 4) is 11.4 Å². The smallest absolute Gasteiger partial charge is 0.219 e. The standard InChI is InChI=1S/C20H32N8O/c1-6-14(5)28(8-9-29)19-16(21)18(27(7-2)12-13(3)4)25-17(26-19)15-10-23-20(22)24-11-15/h7,10-11,13-14,29H,2,6,8-9,12,21H2,1,3-5H3,(H2,22,23,24)/t14-/m0/s1. The third-order valence-electron chi connectivity index (χ3n) is 4.63. The predicted octanol–water partition coefficient (Wildman–Crippen LogP) is 2.30.